The number of amides is 1. The number of aromatic nitrogens is 1. The van der Waals surface area contributed by atoms with E-state index < -0.39 is 10.0 Å². The number of hydrogen-bond acceptors (Lipinski definition) is 3. The number of anilines is 1. The quantitative estimate of drug-likeness (QED) is 0.650. The molecule has 0 bridgehead atoms. The Balaban J connectivity index is 1.54. The van der Waals surface area contributed by atoms with Crippen LogP contribution in [0.25, 0.3) is 10.9 Å². The molecule has 0 fully saturated rings. The van der Waals surface area contributed by atoms with Crippen molar-refractivity contribution < 1.29 is 13.2 Å². The number of aromatic amines is 1. The first kappa shape index (κ1) is 20.6. The first-order valence-corrected chi connectivity index (χ1v) is 11.7. The second-order valence-corrected chi connectivity index (χ2v) is 10.2. The molecule has 3 aromatic rings. The van der Waals surface area contributed by atoms with Gasteiger partial charge in [-0.25, -0.2) is 8.42 Å². The zero-order valence-corrected chi connectivity index (χ0v) is 18.4. The van der Waals surface area contributed by atoms with Crippen molar-refractivity contribution in [2.24, 2.45) is 0 Å². The average Bonchev–Trinajstić information content (AvgIpc) is 3.08. The average molecular weight is 426 g/mol. The second-order valence-electron chi connectivity index (χ2n) is 8.12. The number of carbonyl (C=O) groups is 1. The van der Waals surface area contributed by atoms with E-state index in [9.17, 15) is 13.2 Å². The molecule has 0 aliphatic heterocycles. The number of fused-ring (bicyclic) bond motifs is 3. The number of sulfonamides is 1. The third-order valence-electron chi connectivity index (χ3n) is 5.80. The van der Waals surface area contributed by atoms with Crippen LogP contribution in [-0.2, 0) is 27.7 Å². The molecule has 4 rings (SSSR count). The summed E-state index contributed by atoms with van der Waals surface area (Å²) in [4.78, 5) is 16.1. The molecule has 158 valence electrons. The third-order valence-corrected chi connectivity index (χ3v) is 7.60. The fourth-order valence-corrected chi connectivity index (χ4v) is 5.31. The molecule has 0 unspecified atom stereocenters. The van der Waals surface area contributed by atoms with Crippen LogP contribution in [0.3, 0.4) is 0 Å². The first-order chi connectivity index (χ1) is 14.3. The Labute approximate surface area is 177 Å². The highest BCUT2D eigenvalue weighted by molar-refractivity contribution is 7.89. The zero-order chi connectivity index (χ0) is 21.5. The molecule has 0 saturated heterocycles. The fraction of sp³-hybridized carbons (Fsp3) is 0.348. The molecule has 1 aromatic heterocycles. The molecule has 0 atom stereocenters. The second kappa shape index (κ2) is 7.89. The number of H-pyrrole nitrogens is 1. The maximum absolute atomic E-state index is 13.1. The smallest absolute Gasteiger partial charge is 0.243 e. The van der Waals surface area contributed by atoms with E-state index in [0.29, 0.717) is 5.69 Å². The summed E-state index contributed by atoms with van der Waals surface area (Å²) in [5.74, 6) is -0.367. The predicted octanol–water partition coefficient (Wildman–Crippen LogP) is 3.92. The lowest BCUT2D eigenvalue weighted by molar-refractivity contribution is -0.116. The summed E-state index contributed by atoms with van der Waals surface area (Å²) in [6, 6.07) is 10.9. The number of nitrogens with zero attached hydrogens (tertiary/aromatic N) is 1. The monoisotopic (exact) mass is 425 g/mol. The summed E-state index contributed by atoms with van der Waals surface area (Å²) in [5.41, 5.74) is 6.15. The molecule has 7 heteroatoms. The van der Waals surface area contributed by atoms with Crippen LogP contribution >= 0.6 is 0 Å². The van der Waals surface area contributed by atoms with Crippen LogP contribution in [-0.4, -0.2) is 37.2 Å². The van der Waals surface area contributed by atoms with Gasteiger partial charge in [0.15, 0.2) is 0 Å². The van der Waals surface area contributed by atoms with Gasteiger partial charge in [-0.3, -0.25) is 4.79 Å². The van der Waals surface area contributed by atoms with Gasteiger partial charge in [-0.2, -0.15) is 4.31 Å². The Morgan fingerprint density at radius 2 is 1.87 bits per heavy atom. The summed E-state index contributed by atoms with van der Waals surface area (Å²) >= 11 is 0. The molecule has 2 N–H and O–H groups in total. The van der Waals surface area contributed by atoms with Crippen molar-refractivity contribution in [3.05, 3.63) is 58.8 Å². The van der Waals surface area contributed by atoms with Crippen molar-refractivity contribution in [1.82, 2.24) is 9.29 Å². The van der Waals surface area contributed by atoms with E-state index in [1.165, 1.54) is 18.3 Å². The van der Waals surface area contributed by atoms with Gasteiger partial charge < -0.3 is 10.3 Å². The predicted molar refractivity (Wildman–Crippen MR) is 119 cm³/mol. The van der Waals surface area contributed by atoms with Crippen LogP contribution in [0.4, 0.5) is 5.69 Å². The van der Waals surface area contributed by atoms with E-state index in [0.717, 1.165) is 52.0 Å². The maximum Gasteiger partial charge on any atom is 0.243 e. The number of carbonyl (C=O) groups excluding carboxylic acids is 1. The van der Waals surface area contributed by atoms with Gasteiger partial charge in [0.05, 0.1) is 11.4 Å². The van der Waals surface area contributed by atoms with E-state index in [-0.39, 0.29) is 17.3 Å². The number of rotatable bonds is 5. The highest BCUT2D eigenvalue weighted by Crippen LogP contribution is 2.31. The number of benzene rings is 2. The van der Waals surface area contributed by atoms with Crippen molar-refractivity contribution in [2.75, 3.05) is 18.9 Å². The van der Waals surface area contributed by atoms with Gasteiger partial charge in [0.1, 0.15) is 0 Å². The number of nitrogens with one attached hydrogen (secondary N) is 2. The van der Waals surface area contributed by atoms with Crippen LogP contribution in [0.5, 0.6) is 0 Å². The highest BCUT2D eigenvalue weighted by atomic mass is 32.2. The van der Waals surface area contributed by atoms with E-state index in [1.807, 2.05) is 38.1 Å². The van der Waals surface area contributed by atoms with Crippen LogP contribution in [0.15, 0.2) is 41.3 Å². The lowest BCUT2D eigenvalue weighted by atomic mass is 9.96. The molecular formula is C23H27N3O3S. The van der Waals surface area contributed by atoms with Crippen LogP contribution < -0.4 is 5.32 Å². The highest BCUT2D eigenvalue weighted by Gasteiger charge is 2.25. The van der Waals surface area contributed by atoms with E-state index in [4.69, 9.17) is 0 Å². The van der Waals surface area contributed by atoms with Gasteiger partial charge in [-0.15, -0.1) is 0 Å². The largest absolute Gasteiger partial charge is 0.358 e. The number of hydrogen-bond donors (Lipinski definition) is 2. The molecule has 1 heterocycles. The molecule has 0 saturated carbocycles. The zero-order valence-electron chi connectivity index (χ0n) is 17.6. The van der Waals surface area contributed by atoms with E-state index >= 15 is 0 Å². The van der Waals surface area contributed by atoms with Crippen LogP contribution in [0.1, 0.15) is 35.2 Å². The minimum atomic E-state index is -3.78. The summed E-state index contributed by atoms with van der Waals surface area (Å²) < 4.78 is 27.3. The Morgan fingerprint density at radius 3 is 2.63 bits per heavy atom. The summed E-state index contributed by atoms with van der Waals surface area (Å²) in [5, 5.41) is 3.78. The van der Waals surface area contributed by atoms with Crippen LogP contribution in [0, 0.1) is 13.8 Å². The summed E-state index contributed by atoms with van der Waals surface area (Å²) in [6.07, 6.45) is 4.25. The van der Waals surface area contributed by atoms with Gasteiger partial charge >= 0.3 is 0 Å². The number of aryl methyl sites for hydroxylation is 4. The standard InChI is InChI=1S/C23H27N3O3S/c1-15-8-10-20(16(2)12-15)25-23(27)14-26(3)30(28,29)17-9-11-22-19(13-17)18-6-4-5-7-21(18)24-22/h8-13,24H,4-7,14H2,1-3H3,(H,25,27). The van der Waals surface area contributed by atoms with Gasteiger partial charge in [-0.05, 0) is 74.9 Å². The number of likely N-dealkylation sites (N-methyl/N-ethyl adjacent to an activating group) is 1. The van der Waals surface area contributed by atoms with Crippen molar-refractivity contribution >= 4 is 32.5 Å². The van der Waals surface area contributed by atoms with Gasteiger partial charge in [0.25, 0.3) is 0 Å². The van der Waals surface area contributed by atoms with E-state index in [2.05, 4.69) is 10.3 Å². The molecule has 0 spiro atoms. The van der Waals surface area contributed by atoms with Crippen molar-refractivity contribution in [3.8, 4) is 0 Å². The minimum Gasteiger partial charge on any atom is -0.358 e. The molecule has 2 aromatic carbocycles. The lowest BCUT2D eigenvalue weighted by Crippen LogP contribution is -2.35. The molecule has 1 aliphatic rings. The summed E-state index contributed by atoms with van der Waals surface area (Å²) in [7, 11) is -2.34. The molecule has 6 nitrogen and oxygen atoms in total. The SMILES string of the molecule is Cc1ccc(NC(=O)CN(C)S(=O)(=O)c2ccc3[nH]c4c(c3c2)CCCC4)c(C)c1. The maximum atomic E-state index is 13.1. The van der Waals surface area contributed by atoms with Gasteiger partial charge in [0.2, 0.25) is 15.9 Å². The Kier molecular flexibility index (Phi) is 5.42. The van der Waals surface area contributed by atoms with Crippen molar-refractivity contribution in [1.29, 1.82) is 0 Å². The normalized spacial score (nSPS) is 14.1. The fourth-order valence-electron chi connectivity index (χ4n) is 4.16. The van der Waals surface area contributed by atoms with E-state index in [1.54, 1.807) is 12.1 Å². The molecule has 1 aliphatic carbocycles. The minimum absolute atomic E-state index is 0.212. The molecule has 1 amide bonds. The van der Waals surface area contributed by atoms with Gasteiger partial charge in [-0.1, -0.05) is 17.7 Å². The lowest BCUT2D eigenvalue weighted by Gasteiger charge is -2.18. The van der Waals surface area contributed by atoms with Crippen molar-refractivity contribution in [3.63, 3.8) is 0 Å². The van der Waals surface area contributed by atoms with Crippen molar-refractivity contribution in [2.45, 2.75) is 44.4 Å². The van der Waals surface area contributed by atoms with Crippen LogP contribution in [0.2, 0.25) is 0 Å². The third kappa shape index (κ3) is 3.87. The van der Waals surface area contributed by atoms with Gasteiger partial charge in [0, 0.05) is 29.3 Å². The Hall–Kier alpha value is -2.64. The molecule has 30 heavy (non-hydrogen) atoms. The summed E-state index contributed by atoms with van der Waals surface area (Å²) in [6.45, 7) is 3.65. The Morgan fingerprint density at radius 1 is 1.10 bits per heavy atom. The first-order valence-electron chi connectivity index (χ1n) is 10.2. The molecule has 0 radical (unpaired) electrons. The Bertz CT molecular complexity index is 1230. The molecular weight excluding hydrogens is 398 g/mol. The topological polar surface area (TPSA) is 82.3 Å².